The maximum absolute atomic E-state index is 12.3. The van der Waals surface area contributed by atoms with Gasteiger partial charge in [0.25, 0.3) is 5.91 Å². The van der Waals surface area contributed by atoms with E-state index < -0.39 is 7.12 Å². The molecule has 1 aliphatic rings. The lowest BCUT2D eigenvalue weighted by molar-refractivity contribution is 0.0996. The van der Waals surface area contributed by atoms with Gasteiger partial charge < -0.3 is 14.9 Å². The van der Waals surface area contributed by atoms with E-state index in [-0.39, 0.29) is 5.91 Å². The molecule has 0 saturated carbocycles. The standard InChI is InChI=1S/C14H12BNO3/c17-14-13-8-11(15(18)19)7-6-10(13)9-16(14)12-4-2-1-3-5-12/h1-8,18-19H,9H2. The van der Waals surface area contributed by atoms with E-state index in [1.54, 1.807) is 23.1 Å². The van der Waals surface area contributed by atoms with E-state index >= 15 is 0 Å². The van der Waals surface area contributed by atoms with Crippen molar-refractivity contribution in [2.75, 3.05) is 4.90 Å². The molecule has 0 bridgehead atoms. The van der Waals surface area contributed by atoms with Crippen molar-refractivity contribution in [3.63, 3.8) is 0 Å². The third-order valence-electron chi connectivity index (χ3n) is 3.30. The summed E-state index contributed by atoms with van der Waals surface area (Å²) in [7, 11) is -1.55. The highest BCUT2D eigenvalue weighted by atomic mass is 16.4. The Kier molecular flexibility index (Phi) is 2.85. The molecule has 2 aromatic rings. The number of carbonyl (C=O) groups excluding carboxylic acids is 1. The van der Waals surface area contributed by atoms with E-state index in [0.29, 0.717) is 17.6 Å². The molecule has 0 fully saturated rings. The van der Waals surface area contributed by atoms with Crippen molar-refractivity contribution in [1.82, 2.24) is 0 Å². The first kappa shape index (κ1) is 12.0. The fourth-order valence-electron chi connectivity index (χ4n) is 2.30. The largest absolute Gasteiger partial charge is 0.488 e. The number of nitrogens with zero attached hydrogens (tertiary/aromatic N) is 1. The molecule has 94 valence electrons. The predicted molar refractivity (Wildman–Crippen MR) is 73.2 cm³/mol. The van der Waals surface area contributed by atoms with E-state index in [4.69, 9.17) is 10.0 Å². The molecule has 19 heavy (non-hydrogen) atoms. The Labute approximate surface area is 111 Å². The summed E-state index contributed by atoms with van der Waals surface area (Å²) in [6.07, 6.45) is 0. The first-order valence-electron chi connectivity index (χ1n) is 6.02. The van der Waals surface area contributed by atoms with Crippen LogP contribution in [0.2, 0.25) is 0 Å². The molecule has 0 atom stereocenters. The van der Waals surface area contributed by atoms with Crippen LogP contribution in [0.15, 0.2) is 48.5 Å². The Balaban J connectivity index is 1.98. The van der Waals surface area contributed by atoms with Crippen LogP contribution in [0.4, 0.5) is 5.69 Å². The number of carbonyl (C=O) groups is 1. The van der Waals surface area contributed by atoms with Gasteiger partial charge in [-0.25, -0.2) is 0 Å². The predicted octanol–water partition coefficient (Wildman–Crippen LogP) is 0.527. The zero-order valence-corrected chi connectivity index (χ0v) is 10.2. The molecule has 0 unspecified atom stereocenters. The van der Waals surface area contributed by atoms with Gasteiger partial charge in [0.2, 0.25) is 0 Å². The summed E-state index contributed by atoms with van der Waals surface area (Å²) in [6, 6.07) is 14.4. The monoisotopic (exact) mass is 253 g/mol. The second-order valence-corrected chi connectivity index (χ2v) is 4.52. The smallest absolute Gasteiger partial charge is 0.423 e. The Morgan fingerprint density at radius 2 is 1.79 bits per heavy atom. The van der Waals surface area contributed by atoms with Crippen molar-refractivity contribution in [1.29, 1.82) is 0 Å². The fourth-order valence-corrected chi connectivity index (χ4v) is 2.30. The van der Waals surface area contributed by atoms with Gasteiger partial charge in [0, 0.05) is 11.3 Å². The maximum atomic E-state index is 12.3. The van der Waals surface area contributed by atoms with Gasteiger partial charge in [-0.3, -0.25) is 4.79 Å². The molecule has 2 N–H and O–H groups in total. The Bertz CT molecular complexity index is 628. The first-order valence-corrected chi connectivity index (χ1v) is 6.02. The molecule has 5 heteroatoms. The molecule has 0 aromatic heterocycles. The third kappa shape index (κ3) is 2.03. The molecule has 3 rings (SSSR count). The Hall–Kier alpha value is -2.11. The van der Waals surface area contributed by atoms with Crippen LogP contribution in [0.5, 0.6) is 0 Å². The highest BCUT2D eigenvalue weighted by molar-refractivity contribution is 6.58. The number of para-hydroxylation sites is 1. The highest BCUT2D eigenvalue weighted by Crippen LogP contribution is 2.27. The summed E-state index contributed by atoms with van der Waals surface area (Å²) < 4.78 is 0. The van der Waals surface area contributed by atoms with Crippen molar-refractivity contribution in [2.45, 2.75) is 6.54 Å². The summed E-state index contributed by atoms with van der Waals surface area (Å²) in [4.78, 5) is 14.0. The van der Waals surface area contributed by atoms with Gasteiger partial charge in [-0.15, -0.1) is 0 Å². The summed E-state index contributed by atoms with van der Waals surface area (Å²) in [5.41, 5.74) is 2.62. The van der Waals surface area contributed by atoms with Gasteiger partial charge in [-0.05, 0) is 29.2 Å². The van der Waals surface area contributed by atoms with E-state index in [2.05, 4.69) is 0 Å². The molecular weight excluding hydrogens is 241 g/mol. The number of hydrogen-bond acceptors (Lipinski definition) is 3. The highest BCUT2D eigenvalue weighted by Gasteiger charge is 2.29. The number of rotatable bonds is 2. The van der Waals surface area contributed by atoms with Crippen LogP contribution in [-0.2, 0) is 6.54 Å². The minimum absolute atomic E-state index is 0.108. The van der Waals surface area contributed by atoms with Crippen LogP contribution >= 0.6 is 0 Å². The fraction of sp³-hybridized carbons (Fsp3) is 0.0714. The van der Waals surface area contributed by atoms with Crippen LogP contribution in [0.3, 0.4) is 0 Å². The minimum Gasteiger partial charge on any atom is -0.423 e. The van der Waals surface area contributed by atoms with Crippen molar-refractivity contribution >= 4 is 24.2 Å². The topological polar surface area (TPSA) is 60.8 Å². The summed E-state index contributed by atoms with van der Waals surface area (Å²) in [6.45, 7) is 0.514. The Morgan fingerprint density at radius 1 is 1.05 bits per heavy atom. The second kappa shape index (κ2) is 4.53. The summed E-state index contributed by atoms with van der Waals surface area (Å²) in [5, 5.41) is 18.3. The summed E-state index contributed by atoms with van der Waals surface area (Å²) >= 11 is 0. The van der Waals surface area contributed by atoms with Crippen molar-refractivity contribution in [3.8, 4) is 0 Å². The van der Waals surface area contributed by atoms with Crippen molar-refractivity contribution < 1.29 is 14.8 Å². The molecule has 0 saturated heterocycles. The number of amides is 1. The van der Waals surface area contributed by atoms with Crippen LogP contribution in [0.25, 0.3) is 0 Å². The quantitative estimate of drug-likeness (QED) is 0.767. The molecule has 0 spiro atoms. The molecule has 1 aliphatic heterocycles. The molecule has 2 aromatic carbocycles. The normalized spacial score (nSPS) is 13.6. The van der Waals surface area contributed by atoms with Gasteiger partial charge in [0.1, 0.15) is 0 Å². The van der Waals surface area contributed by atoms with E-state index in [0.717, 1.165) is 11.3 Å². The van der Waals surface area contributed by atoms with Gasteiger partial charge in [0.15, 0.2) is 0 Å². The summed E-state index contributed by atoms with van der Waals surface area (Å²) in [5.74, 6) is -0.108. The van der Waals surface area contributed by atoms with Crippen molar-refractivity contribution in [2.24, 2.45) is 0 Å². The second-order valence-electron chi connectivity index (χ2n) is 4.52. The maximum Gasteiger partial charge on any atom is 0.488 e. The molecular formula is C14H12BNO3. The number of benzene rings is 2. The lowest BCUT2D eigenvalue weighted by Gasteiger charge is -2.15. The Morgan fingerprint density at radius 3 is 2.47 bits per heavy atom. The molecule has 1 amide bonds. The lowest BCUT2D eigenvalue weighted by atomic mass is 9.79. The molecule has 1 heterocycles. The van der Waals surface area contributed by atoms with E-state index in [9.17, 15) is 4.79 Å². The minimum atomic E-state index is -1.55. The molecule has 0 aliphatic carbocycles. The first-order chi connectivity index (χ1) is 9.16. The zero-order chi connectivity index (χ0) is 13.4. The average Bonchev–Trinajstić information content (AvgIpc) is 2.77. The van der Waals surface area contributed by atoms with Gasteiger partial charge in [0.05, 0.1) is 6.54 Å². The molecule has 4 nitrogen and oxygen atoms in total. The lowest BCUT2D eigenvalue weighted by Crippen LogP contribution is -2.30. The van der Waals surface area contributed by atoms with Gasteiger partial charge in [-0.1, -0.05) is 30.3 Å². The number of anilines is 1. The third-order valence-corrected chi connectivity index (χ3v) is 3.30. The van der Waals surface area contributed by atoms with Crippen LogP contribution in [0.1, 0.15) is 15.9 Å². The van der Waals surface area contributed by atoms with Crippen LogP contribution in [0, 0.1) is 0 Å². The molecule has 0 radical (unpaired) electrons. The SMILES string of the molecule is O=C1c2cc(B(O)O)ccc2CN1c1ccccc1. The van der Waals surface area contributed by atoms with E-state index in [1.807, 2.05) is 30.3 Å². The van der Waals surface area contributed by atoms with Crippen LogP contribution < -0.4 is 10.4 Å². The average molecular weight is 253 g/mol. The number of fused-ring (bicyclic) bond motifs is 1. The van der Waals surface area contributed by atoms with Gasteiger partial charge >= 0.3 is 7.12 Å². The van der Waals surface area contributed by atoms with Crippen LogP contribution in [-0.4, -0.2) is 23.1 Å². The number of hydrogen-bond donors (Lipinski definition) is 2. The van der Waals surface area contributed by atoms with E-state index in [1.165, 1.54) is 0 Å². The zero-order valence-electron chi connectivity index (χ0n) is 10.2. The van der Waals surface area contributed by atoms with Gasteiger partial charge in [-0.2, -0.15) is 0 Å². The van der Waals surface area contributed by atoms with Crippen molar-refractivity contribution in [3.05, 3.63) is 59.7 Å².